The Morgan fingerprint density at radius 3 is 2.52 bits per heavy atom. The number of nitrogens with one attached hydrogen (secondary N) is 1. The van der Waals surface area contributed by atoms with E-state index in [0.717, 1.165) is 47.8 Å². The van der Waals surface area contributed by atoms with Crippen molar-refractivity contribution >= 4 is 44.9 Å². The topological polar surface area (TPSA) is 87.7 Å². The molecule has 0 bridgehead atoms. The first-order valence-electron chi connectivity index (χ1n) is 10.1. The summed E-state index contributed by atoms with van der Waals surface area (Å²) in [6.45, 7) is 7.49. The Morgan fingerprint density at radius 2 is 1.81 bits per heavy atom. The number of amides is 1. The van der Waals surface area contributed by atoms with Gasteiger partial charge in [-0.2, -0.15) is 0 Å². The Morgan fingerprint density at radius 1 is 1.10 bits per heavy atom. The van der Waals surface area contributed by atoms with Crippen molar-refractivity contribution < 1.29 is 14.3 Å². The zero-order chi connectivity index (χ0) is 22.1. The van der Waals surface area contributed by atoms with Crippen molar-refractivity contribution in [3.05, 3.63) is 46.1 Å². The van der Waals surface area contributed by atoms with Crippen LogP contribution in [0.25, 0.3) is 10.2 Å². The maximum Gasteiger partial charge on any atom is 0.339 e. The summed E-state index contributed by atoms with van der Waals surface area (Å²) < 4.78 is 4.82. The van der Waals surface area contributed by atoms with Gasteiger partial charge in [-0.05, 0) is 38.6 Å². The molecule has 31 heavy (non-hydrogen) atoms. The number of hydrogen-bond acceptors (Lipinski definition) is 8. The van der Waals surface area contributed by atoms with Crippen LogP contribution in [0.3, 0.4) is 0 Å². The Labute approximate surface area is 184 Å². The SMILES string of the molecule is COC(=O)c1ccccc1NC(=O)c1sc2nc(C)nc(N3CCN(C)CC3)c2c1C. The molecule has 3 aromatic rings. The second-order valence-electron chi connectivity index (χ2n) is 7.61. The fourth-order valence-electron chi connectivity index (χ4n) is 3.74. The molecule has 0 radical (unpaired) electrons. The Hall–Kier alpha value is -3.04. The van der Waals surface area contributed by atoms with E-state index in [2.05, 4.69) is 27.1 Å². The molecule has 3 heterocycles. The van der Waals surface area contributed by atoms with Gasteiger partial charge in [-0.3, -0.25) is 4.79 Å². The number of nitrogens with zero attached hydrogens (tertiary/aromatic N) is 4. The maximum atomic E-state index is 13.2. The number of aromatic nitrogens is 2. The lowest BCUT2D eigenvalue weighted by molar-refractivity contribution is 0.0602. The van der Waals surface area contributed by atoms with Gasteiger partial charge in [-0.15, -0.1) is 11.3 Å². The van der Waals surface area contributed by atoms with Gasteiger partial charge < -0.3 is 19.9 Å². The average molecular weight is 440 g/mol. The number of likely N-dealkylation sites (N-methyl/N-ethyl adjacent to an activating group) is 1. The number of para-hydroxylation sites is 1. The second kappa shape index (κ2) is 8.60. The second-order valence-corrected chi connectivity index (χ2v) is 8.61. The van der Waals surface area contributed by atoms with Gasteiger partial charge in [0.25, 0.3) is 5.91 Å². The summed E-state index contributed by atoms with van der Waals surface area (Å²) in [4.78, 5) is 40.4. The number of carbonyl (C=O) groups is 2. The number of rotatable bonds is 4. The number of aryl methyl sites for hydroxylation is 2. The van der Waals surface area contributed by atoms with E-state index < -0.39 is 5.97 Å². The molecule has 9 heteroatoms. The number of anilines is 2. The number of esters is 1. The highest BCUT2D eigenvalue weighted by molar-refractivity contribution is 7.20. The van der Waals surface area contributed by atoms with Gasteiger partial charge in [0.15, 0.2) is 0 Å². The summed E-state index contributed by atoms with van der Waals surface area (Å²) in [6, 6.07) is 6.80. The summed E-state index contributed by atoms with van der Waals surface area (Å²) >= 11 is 1.35. The molecule has 0 unspecified atom stereocenters. The number of hydrogen-bond donors (Lipinski definition) is 1. The number of piperazine rings is 1. The zero-order valence-electron chi connectivity index (χ0n) is 18.1. The average Bonchev–Trinajstić information content (AvgIpc) is 3.10. The van der Waals surface area contributed by atoms with Crippen LogP contribution in [-0.2, 0) is 4.74 Å². The molecular formula is C22H25N5O3S. The van der Waals surface area contributed by atoms with Crippen LogP contribution in [0, 0.1) is 13.8 Å². The molecule has 1 fully saturated rings. The Bertz CT molecular complexity index is 1150. The number of carbonyl (C=O) groups excluding carboxylic acids is 2. The van der Waals surface area contributed by atoms with Crippen molar-refractivity contribution in [1.82, 2.24) is 14.9 Å². The van der Waals surface area contributed by atoms with Gasteiger partial charge in [0.2, 0.25) is 0 Å². The van der Waals surface area contributed by atoms with Crippen LogP contribution in [0.15, 0.2) is 24.3 Å². The molecule has 1 aromatic carbocycles. The summed E-state index contributed by atoms with van der Waals surface area (Å²) in [5.74, 6) is 0.797. The van der Waals surface area contributed by atoms with Crippen LogP contribution in [-0.4, -0.2) is 67.1 Å². The van der Waals surface area contributed by atoms with Gasteiger partial charge in [-0.1, -0.05) is 12.1 Å². The monoisotopic (exact) mass is 439 g/mol. The van der Waals surface area contributed by atoms with Gasteiger partial charge in [0, 0.05) is 26.2 Å². The van der Waals surface area contributed by atoms with Crippen molar-refractivity contribution in [2.75, 3.05) is 50.6 Å². The highest BCUT2D eigenvalue weighted by Gasteiger charge is 2.25. The van der Waals surface area contributed by atoms with Crippen LogP contribution in [0.5, 0.6) is 0 Å². The molecule has 1 saturated heterocycles. The third kappa shape index (κ3) is 4.11. The molecule has 0 atom stereocenters. The molecule has 1 amide bonds. The minimum Gasteiger partial charge on any atom is -0.465 e. The first kappa shape index (κ1) is 21.2. The zero-order valence-corrected chi connectivity index (χ0v) is 18.9. The van der Waals surface area contributed by atoms with E-state index in [4.69, 9.17) is 9.72 Å². The van der Waals surface area contributed by atoms with Crippen LogP contribution in [0.2, 0.25) is 0 Å². The summed E-state index contributed by atoms with van der Waals surface area (Å²) in [6.07, 6.45) is 0. The predicted molar refractivity (Wildman–Crippen MR) is 122 cm³/mol. The molecule has 162 valence electrons. The molecule has 1 aliphatic rings. The molecular weight excluding hydrogens is 414 g/mol. The summed E-state index contributed by atoms with van der Waals surface area (Å²) in [5.41, 5.74) is 1.57. The highest BCUT2D eigenvalue weighted by atomic mass is 32.1. The predicted octanol–water partition coefficient (Wildman–Crippen LogP) is 3.10. The molecule has 4 rings (SSSR count). The number of ether oxygens (including phenoxy) is 1. The summed E-state index contributed by atoms with van der Waals surface area (Å²) in [5, 5.41) is 3.79. The number of fused-ring (bicyclic) bond motifs is 1. The van der Waals surface area contributed by atoms with E-state index in [-0.39, 0.29) is 5.91 Å². The highest BCUT2D eigenvalue weighted by Crippen LogP contribution is 2.36. The van der Waals surface area contributed by atoms with E-state index in [9.17, 15) is 9.59 Å². The first-order chi connectivity index (χ1) is 14.9. The largest absolute Gasteiger partial charge is 0.465 e. The normalized spacial score (nSPS) is 14.6. The third-order valence-corrected chi connectivity index (χ3v) is 6.66. The van der Waals surface area contributed by atoms with Crippen molar-refractivity contribution in [3.8, 4) is 0 Å². The van der Waals surface area contributed by atoms with Gasteiger partial charge in [0.1, 0.15) is 16.5 Å². The number of thiophene rings is 1. The Balaban J connectivity index is 1.71. The van der Waals surface area contributed by atoms with Crippen molar-refractivity contribution in [2.45, 2.75) is 13.8 Å². The van der Waals surface area contributed by atoms with E-state index in [0.29, 0.717) is 22.0 Å². The summed E-state index contributed by atoms with van der Waals surface area (Å²) in [7, 11) is 3.43. The Kier molecular flexibility index (Phi) is 5.88. The molecule has 0 aliphatic carbocycles. The van der Waals surface area contributed by atoms with Gasteiger partial charge in [0.05, 0.1) is 28.6 Å². The minimum atomic E-state index is -0.497. The molecule has 2 aromatic heterocycles. The van der Waals surface area contributed by atoms with Crippen molar-refractivity contribution in [2.24, 2.45) is 0 Å². The molecule has 1 aliphatic heterocycles. The van der Waals surface area contributed by atoms with Crippen molar-refractivity contribution in [1.29, 1.82) is 0 Å². The van der Waals surface area contributed by atoms with E-state index in [1.54, 1.807) is 24.3 Å². The van der Waals surface area contributed by atoms with Crippen molar-refractivity contribution in [3.63, 3.8) is 0 Å². The minimum absolute atomic E-state index is 0.279. The fraction of sp³-hybridized carbons (Fsp3) is 0.364. The lowest BCUT2D eigenvalue weighted by atomic mass is 10.1. The maximum absolute atomic E-state index is 13.2. The number of benzene rings is 1. The van der Waals surface area contributed by atoms with Gasteiger partial charge in [-0.25, -0.2) is 14.8 Å². The molecule has 8 nitrogen and oxygen atoms in total. The molecule has 1 N–H and O–H groups in total. The van der Waals surface area contributed by atoms with Crippen LogP contribution >= 0.6 is 11.3 Å². The quantitative estimate of drug-likeness (QED) is 0.625. The smallest absolute Gasteiger partial charge is 0.339 e. The fourth-order valence-corrected chi connectivity index (χ4v) is 4.86. The molecule has 0 saturated carbocycles. The standard InChI is InChI=1S/C22H25N5O3S/c1-13-17-19(27-11-9-26(3)10-12-27)23-14(2)24-21(17)31-18(13)20(28)25-16-8-6-5-7-15(16)22(29)30-4/h5-8H,9-12H2,1-4H3,(H,25,28). The number of methoxy groups -OCH3 is 1. The lowest BCUT2D eigenvalue weighted by Crippen LogP contribution is -2.45. The third-order valence-electron chi connectivity index (χ3n) is 5.47. The lowest BCUT2D eigenvalue weighted by Gasteiger charge is -2.33. The van der Waals surface area contributed by atoms with Crippen LogP contribution in [0.4, 0.5) is 11.5 Å². The van der Waals surface area contributed by atoms with Crippen LogP contribution in [0.1, 0.15) is 31.4 Å². The van der Waals surface area contributed by atoms with Crippen LogP contribution < -0.4 is 10.2 Å². The molecule has 0 spiro atoms. The van der Waals surface area contributed by atoms with Gasteiger partial charge >= 0.3 is 5.97 Å². The van der Waals surface area contributed by atoms with E-state index in [1.165, 1.54) is 18.4 Å². The first-order valence-corrected chi connectivity index (χ1v) is 10.9. The van der Waals surface area contributed by atoms with E-state index >= 15 is 0 Å². The van der Waals surface area contributed by atoms with E-state index in [1.807, 2.05) is 13.8 Å².